The summed E-state index contributed by atoms with van der Waals surface area (Å²) >= 11 is 0. The van der Waals surface area contributed by atoms with Crippen molar-refractivity contribution in [1.29, 1.82) is 0 Å². The summed E-state index contributed by atoms with van der Waals surface area (Å²) in [6.45, 7) is 6.52. The number of ether oxygens (including phenoxy) is 1. The first-order chi connectivity index (χ1) is 15.8. The van der Waals surface area contributed by atoms with Crippen LogP contribution < -0.4 is 10.9 Å². The van der Waals surface area contributed by atoms with Crippen molar-refractivity contribution in [3.63, 3.8) is 0 Å². The predicted octanol–water partition coefficient (Wildman–Crippen LogP) is 3.72. The molecule has 1 saturated heterocycles. The first-order valence-electron chi connectivity index (χ1n) is 10.8. The second-order valence-electron chi connectivity index (χ2n) is 8.20. The van der Waals surface area contributed by atoms with Crippen LogP contribution in [-0.2, 0) is 18.3 Å². The smallest absolute Gasteiger partial charge is 0.266 e. The molecular weight excluding hydrogens is 435 g/mol. The lowest BCUT2D eigenvalue weighted by atomic mass is 10.0. The van der Waals surface area contributed by atoms with Crippen LogP contribution >= 0.6 is 0 Å². The molecule has 0 bridgehead atoms. The van der Waals surface area contributed by atoms with Crippen LogP contribution in [0.1, 0.15) is 41.9 Å². The molecule has 176 valence electrons. The molecule has 1 unspecified atom stereocenters. The second kappa shape index (κ2) is 9.48. The van der Waals surface area contributed by atoms with Crippen molar-refractivity contribution in [2.24, 2.45) is 7.05 Å². The van der Waals surface area contributed by atoms with Crippen LogP contribution in [0.15, 0.2) is 29.1 Å². The van der Waals surface area contributed by atoms with Crippen LogP contribution in [0.25, 0.3) is 11.0 Å². The van der Waals surface area contributed by atoms with E-state index in [0.717, 1.165) is 19.2 Å². The first-order valence-corrected chi connectivity index (χ1v) is 10.8. The summed E-state index contributed by atoms with van der Waals surface area (Å²) in [5, 5.41) is 3.74. The molecule has 3 aromatic rings. The topological polar surface area (TPSA) is 72.3 Å². The summed E-state index contributed by atoms with van der Waals surface area (Å²) in [5.74, 6) is -0.108. The number of anilines is 1. The van der Waals surface area contributed by atoms with Gasteiger partial charge in [0.25, 0.3) is 12.0 Å². The minimum Gasteiger partial charge on any atom is -0.379 e. The van der Waals surface area contributed by atoms with Crippen molar-refractivity contribution in [2.75, 3.05) is 31.6 Å². The molecule has 1 atom stereocenters. The van der Waals surface area contributed by atoms with E-state index in [1.165, 1.54) is 16.7 Å². The highest BCUT2D eigenvalue weighted by molar-refractivity contribution is 5.87. The van der Waals surface area contributed by atoms with Crippen LogP contribution in [0.4, 0.5) is 19.0 Å². The van der Waals surface area contributed by atoms with Crippen molar-refractivity contribution in [2.45, 2.75) is 32.9 Å². The van der Waals surface area contributed by atoms with E-state index in [4.69, 9.17) is 4.74 Å². The van der Waals surface area contributed by atoms with E-state index in [9.17, 15) is 18.0 Å². The summed E-state index contributed by atoms with van der Waals surface area (Å²) < 4.78 is 47.9. The molecular formula is C23H26F3N5O2. The van der Waals surface area contributed by atoms with Gasteiger partial charge in [-0.25, -0.2) is 23.1 Å². The number of alkyl halides is 2. The van der Waals surface area contributed by atoms with Gasteiger partial charge < -0.3 is 10.1 Å². The van der Waals surface area contributed by atoms with Crippen LogP contribution in [0.5, 0.6) is 0 Å². The van der Waals surface area contributed by atoms with E-state index in [-0.39, 0.29) is 11.1 Å². The number of aromatic nitrogens is 3. The molecule has 10 heteroatoms. The van der Waals surface area contributed by atoms with Gasteiger partial charge in [0.05, 0.1) is 30.2 Å². The van der Waals surface area contributed by atoms with Gasteiger partial charge in [0.15, 0.2) is 0 Å². The number of rotatable bonds is 6. The number of hydrogen-bond donors (Lipinski definition) is 1. The number of nitrogens with zero attached hydrogens (tertiary/aromatic N) is 4. The zero-order valence-corrected chi connectivity index (χ0v) is 18.7. The Balaban J connectivity index is 1.74. The number of halogens is 3. The lowest BCUT2D eigenvalue weighted by molar-refractivity contribution is 0.0340. The Morgan fingerprint density at radius 3 is 2.58 bits per heavy atom. The first kappa shape index (κ1) is 23.2. The molecule has 1 aromatic carbocycles. The maximum atomic E-state index is 14.7. The number of hydrogen-bond acceptors (Lipinski definition) is 6. The van der Waals surface area contributed by atoms with Gasteiger partial charge in [-0.15, -0.1) is 0 Å². The molecule has 0 aliphatic carbocycles. The lowest BCUT2D eigenvalue weighted by Gasteiger charge is -2.26. The summed E-state index contributed by atoms with van der Waals surface area (Å²) in [4.78, 5) is 24.0. The molecule has 7 nitrogen and oxygen atoms in total. The van der Waals surface area contributed by atoms with E-state index < -0.39 is 23.8 Å². The number of aryl methyl sites for hydroxylation is 2. The Labute approximate surface area is 189 Å². The number of benzene rings is 1. The van der Waals surface area contributed by atoms with Crippen molar-refractivity contribution in [3.8, 4) is 0 Å². The fraction of sp³-hybridized carbons (Fsp3) is 0.435. The monoisotopic (exact) mass is 461 g/mol. The van der Waals surface area contributed by atoms with Crippen molar-refractivity contribution >= 4 is 16.9 Å². The van der Waals surface area contributed by atoms with E-state index >= 15 is 0 Å². The fourth-order valence-corrected chi connectivity index (χ4v) is 4.08. The molecule has 0 spiro atoms. The van der Waals surface area contributed by atoms with Crippen molar-refractivity contribution < 1.29 is 17.9 Å². The minimum atomic E-state index is -2.91. The Hall–Kier alpha value is -2.98. The van der Waals surface area contributed by atoms with Gasteiger partial charge >= 0.3 is 0 Å². The van der Waals surface area contributed by atoms with Crippen LogP contribution in [0, 0.1) is 12.7 Å². The highest BCUT2D eigenvalue weighted by atomic mass is 19.3. The molecule has 1 aliphatic rings. The summed E-state index contributed by atoms with van der Waals surface area (Å²) in [5.41, 5.74) is 0.341. The van der Waals surface area contributed by atoms with Crippen LogP contribution in [0.2, 0.25) is 0 Å². The fourth-order valence-electron chi connectivity index (χ4n) is 4.08. The maximum absolute atomic E-state index is 14.7. The van der Waals surface area contributed by atoms with E-state index in [2.05, 4.69) is 20.2 Å². The molecule has 1 aliphatic heterocycles. The molecule has 0 amide bonds. The van der Waals surface area contributed by atoms with Gasteiger partial charge in [-0.3, -0.25) is 14.3 Å². The number of fused-ring (bicyclic) bond motifs is 1. The number of morpholine rings is 1. The maximum Gasteiger partial charge on any atom is 0.266 e. The third kappa shape index (κ3) is 4.72. The minimum absolute atomic E-state index is 0.107. The van der Waals surface area contributed by atoms with Gasteiger partial charge in [0.1, 0.15) is 23.1 Å². The molecule has 2 aromatic heterocycles. The Bertz CT molecular complexity index is 1220. The zero-order valence-electron chi connectivity index (χ0n) is 18.7. The van der Waals surface area contributed by atoms with Gasteiger partial charge in [0.2, 0.25) is 0 Å². The number of nitrogens with one attached hydrogen (secondary N) is 1. The third-order valence-electron chi connectivity index (χ3n) is 5.86. The zero-order chi connectivity index (χ0) is 23.7. The lowest BCUT2D eigenvalue weighted by Crippen LogP contribution is -2.37. The molecule has 4 rings (SSSR count). The van der Waals surface area contributed by atoms with Crippen LogP contribution in [0.3, 0.4) is 0 Å². The van der Waals surface area contributed by atoms with E-state index in [0.29, 0.717) is 48.0 Å². The van der Waals surface area contributed by atoms with Crippen molar-refractivity contribution in [3.05, 3.63) is 63.0 Å². The normalized spacial score (nSPS) is 15.8. The van der Waals surface area contributed by atoms with Crippen molar-refractivity contribution in [1.82, 2.24) is 19.4 Å². The van der Waals surface area contributed by atoms with Gasteiger partial charge in [-0.1, -0.05) is 18.2 Å². The molecule has 0 saturated carbocycles. The Kier molecular flexibility index (Phi) is 6.66. The largest absolute Gasteiger partial charge is 0.379 e. The van der Waals surface area contributed by atoms with Gasteiger partial charge in [-0.2, -0.15) is 0 Å². The average Bonchev–Trinajstić information content (AvgIpc) is 2.78. The number of pyridine rings is 1. The highest BCUT2D eigenvalue weighted by Gasteiger charge is 2.22. The molecule has 1 fully saturated rings. The third-order valence-corrected chi connectivity index (χ3v) is 5.86. The highest BCUT2D eigenvalue weighted by Crippen LogP contribution is 2.30. The second-order valence-corrected chi connectivity index (χ2v) is 8.20. The average molecular weight is 461 g/mol. The van der Waals surface area contributed by atoms with Crippen LogP contribution in [-0.4, -0.2) is 45.7 Å². The summed E-state index contributed by atoms with van der Waals surface area (Å²) in [7, 11) is 1.65. The Morgan fingerprint density at radius 2 is 1.88 bits per heavy atom. The molecule has 0 radical (unpaired) electrons. The van der Waals surface area contributed by atoms with E-state index in [1.807, 2.05) is 0 Å². The molecule has 33 heavy (non-hydrogen) atoms. The molecule has 3 heterocycles. The molecule has 1 N–H and O–H groups in total. The Morgan fingerprint density at radius 1 is 1.18 bits per heavy atom. The van der Waals surface area contributed by atoms with E-state index in [1.54, 1.807) is 27.0 Å². The standard InChI is InChI=1S/C23H26F3N5O2/c1-13(16-5-4-6-17(19(16)24)20(25)26)27-21-18-11-15(12-31-7-9-33-10-8-31)23(32)30(3)22(18)29-14(2)28-21/h4-6,11,13,20H,7-10,12H2,1-3H3,(H,27,28,29). The quantitative estimate of drug-likeness (QED) is 0.603. The van der Waals surface area contributed by atoms with Gasteiger partial charge in [0, 0.05) is 37.8 Å². The van der Waals surface area contributed by atoms with Gasteiger partial charge in [-0.05, 0) is 19.9 Å². The SMILES string of the molecule is Cc1nc(NC(C)c2cccc(C(F)F)c2F)c2cc(CN3CCOCC3)c(=O)n(C)c2n1. The summed E-state index contributed by atoms with van der Waals surface area (Å²) in [6.07, 6.45) is -2.91. The predicted molar refractivity (Wildman–Crippen MR) is 119 cm³/mol. The summed E-state index contributed by atoms with van der Waals surface area (Å²) in [6, 6.07) is 5.06.